The summed E-state index contributed by atoms with van der Waals surface area (Å²) in [4.78, 5) is 4.45. The third-order valence-electron chi connectivity index (χ3n) is 6.16. The molecule has 0 radical (unpaired) electrons. The molecule has 30 heavy (non-hydrogen) atoms. The van der Waals surface area contributed by atoms with Gasteiger partial charge in [0.1, 0.15) is 0 Å². The van der Waals surface area contributed by atoms with E-state index < -0.39 is 10.0 Å². The first kappa shape index (κ1) is 21.1. The number of aryl methyl sites for hydroxylation is 1. The van der Waals surface area contributed by atoms with Crippen molar-refractivity contribution in [2.45, 2.75) is 44.9 Å². The van der Waals surface area contributed by atoms with E-state index in [4.69, 9.17) is 0 Å². The Balaban J connectivity index is 1.35. The molecule has 0 saturated carbocycles. The Morgan fingerprint density at radius 1 is 0.900 bits per heavy atom. The van der Waals surface area contributed by atoms with E-state index in [1.165, 1.54) is 19.3 Å². The zero-order chi connectivity index (χ0) is 21.1. The van der Waals surface area contributed by atoms with E-state index in [1.54, 1.807) is 4.31 Å². The predicted molar refractivity (Wildman–Crippen MR) is 120 cm³/mol. The van der Waals surface area contributed by atoms with Crippen LogP contribution in [0.15, 0.2) is 36.4 Å². The maximum absolute atomic E-state index is 12.8. The number of anilines is 2. The van der Waals surface area contributed by atoms with Crippen LogP contribution in [0.5, 0.6) is 0 Å². The highest BCUT2D eigenvalue weighted by Crippen LogP contribution is 2.24. The summed E-state index contributed by atoms with van der Waals surface area (Å²) in [6.07, 6.45) is 3.68. The number of piperidine rings is 1. The molecule has 0 aliphatic carbocycles. The normalized spacial score (nSPS) is 21.1. The van der Waals surface area contributed by atoms with Crippen molar-refractivity contribution in [3.63, 3.8) is 0 Å². The second-order valence-corrected chi connectivity index (χ2v) is 10.4. The summed E-state index contributed by atoms with van der Waals surface area (Å²) in [5.74, 6) is 1.81. The summed E-state index contributed by atoms with van der Waals surface area (Å²) in [6, 6.07) is 12.3. The minimum absolute atomic E-state index is 0.0514. The number of hydrogen-bond acceptors (Lipinski definition) is 6. The molecule has 3 heterocycles. The molecule has 1 aromatic carbocycles. The fourth-order valence-corrected chi connectivity index (χ4v) is 5.78. The molecule has 8 heteroatoms. The smallest absolute Gasteiger partial charge is 0.218 e. The lowest BCUT2D eigenvalue weighted by Gasteiger charge is -2.35. The average Bonchev–Trinajstić information content (AvgIpc) is 2.76. The number of benzene rings is 1. The molecule has 162 valence electrons. The summed E-state index contributed by atoms with van der Waals surface area (Å²) >= 11 is 0. The van der Waals surface area contributed by atoms with Gasteiger partial charge in [-0.05, 0) is 50.8 Å². The van der Waals surface area contributed by atoms with E-state index in [0.717, 1.165) is 29.3 Å². The Bertz CT molecular complexity index is 938. The van der Waals surface area contributed by atoms with Gasteiger partial charge in [-0.25, -0.2) is 8.42 Å². The van der Waals surface area contributed by atoms with Crippen LogP contribution in [0.1, 0.15) is 37.3 Å². The number of piperazine rings is 1. The summed E-state index contributed by atoms with van der Waals surface area (Å²) in [5, 5.41) is 8.90. The molecular formula is C22H31N5O2S. The molecule has 0 bridgehead atoms. The molecule has 0 spiro atoms. The Morgan fingerprint density at radius 2 is 1.57 bits per heavy atom. The van der Waals surface area contributed by atoms with Crippen LogP contribution in [0.2, 0.25) is 0 Å². The van der Waals surface area contributed by atoms with Gasteiger partial charge in [-0.15, -0.1) is 10.2 Å². The lowest BCUT2D eigenvalue weighted by molar-refractivity contribution is 0.383. The number of rotatable bonds is 5. The molecule has 2 saturated heterocycles. The zero-order valence-corrected chi connectivity index (χ0v) is 18.7. The third kappa shape index (κ3) is 4.75. The molecule has 1 aromatic heterocycles. The fraction of sp³-hybridized carbons (Fsp3) is 0.545. The van der Waals surface area contributed by atoms with Gasteiger partial charge in [0.25, 0.3) is 0 Å². The summed E-state index contributed by atoms with van der Waals surface area (Å²) in [7, 11) is -3.32. The maximum Gasteiger partial charge on any atom is 0.218 e. The van der Waals surface area contributed by atoms with Crippen molar-refractivity contribution in [2.24, 2.45) is 0 Å². The molecule has 2 aliphatic heterocycles. The zero-order valence-electron chi connectivity index (χ0n) is 17.9. The highest BCUT2D eigenvalue weighted by Gasteiger charge is 2.28. The Hall–Kier alpha value is -2.19. The van der Waals surface area contributed by atoms with Gasteiger partial charge in [-0.2, -0.15) is 4.31 Å². The van der Waals surface area contributed by atoms with Crippen molar-refractivity contribution in [1.29, 1.82) is 0 Å². The number of nitrogens with zero attached hydrogens (tertiary/aromatic N) is 5. The molecule has 0 amide bonds. The van der Waals surface area contributed by atoms with Gasteiger partial charge in [-0.3, -0.25) is 0 Å². The van der Waals surface area contributed by atoms with Crippen LogP contribution in [0.25, 0.3) is 0 Å². The lowest BCUT2D eigenvalue weighted by Crippen LogP contribution is -2.49. The van der Waals surface area contributed by atoms with E-state index in [9.17, 15) is 8.42 Å². The van der Waals surface area contributed by atoms with Crippen molar-refractivity contribution in [3.05, 3.63) is 47.5 Å². The van der Waals surface area contributed by atoms with Gasteiger partial charge in [0.2, 0.25) is 10.0 Å². The van der Waals surface area contributed by atoms with E-state index in [-0.39, 0.29) is 5.75 Å². The SMILES string of the molecule is Cc1ccc(CS(=O)(=O)N2CCN(c3ccc(N4CCCCC4C)nn3)CC2)cc1. The Morgan fingerprint density at radius 3 is 2.20 bits per heavy atom. The first-order valence-electron chi connectivity index (χ1n) is 10.8. The summed E-state index contributed by atoms with van der Waals surface area (Å²) in [5.41, 5.74) is 1.96. The van der Waals surface area contributed by atoms with Gasteiger partial charge >= 0.3 is 0 Å². The minimum Gasteiger partial charge on any atom is -0.352 e. The molecule has 2 aromatic rings. The van der Waals surface area contributed by atoms with Crippen molar-refractivity contribution >= 4 is 21.7 Å². The van der Waals surface area contributed by atoms with Crippen LogP contribution < -0.4 is 9.80 Å². The maximum atomic E-state index is 12.8. The molecule has 0 N–H and O–H groups in total. The number of sulfonamides is 1. The lowest BCUT2D eigenvalue weighted by atomic mass is 10.0. The molecule has 4 rings (SSSR count). The molecule has 1 atom stereocenters. The Kier molecular flexibility index (Phi) is 6.24. The van der Waals surface area contributed by atoms with E-state index in [2.05, 4.69) is 26.9 Å². The quantitative estimate of drug-likeness (QED) is 0.728. The highest BCUT2D eigenvalue weighted by atomic mass is 32.2. The molecule has 2 fully saturated rings. The highest BCUT2D eigenvalue weighted by molar-refractivity contribution is 7.88. The van der Waals surface area contributed by atoms with Crippen LogP contribution in [0.4, 0.5) is 11.6 Å². The minimum atomic E-state index is -3.32. The van der Waals surface area contributed by atoms with Crippen molar-refractivity contribution < 1.29 is 8.42 Å². The largest absolute Gasteiger partial charge is 0.352 e. The van der Waals surface area contributed by atoms with E-state index in [1.807, 2.05) is 43.3 Å². The summed E-state index contributed by atoms with van der Waals surface area (Å²) < 4.78 is 27.2. The van der Waals surface area contributed by atoms with Crippen LogP contribution in [-0.4, -0.2) is 61.7 Å². The van der Waals surface area contributed by atoms with Crippen LogP contribution in [0, 0.1) is 6.92 Å². The van der Waals surface area contributed by atoms with Crippen molar-refractivity contribution in [3.8, 4) is 0 Å². The number of hydrogen-bond donors (Lipinski definition) is 0. The molecular weight excluding hydrogens is 398 g/mol. The second kappa shape index (κ2) is 8.89. The standard InChI is InChI=1S/C22H31N5O2S/c1-18-6-8-20(9-7-18)17-30(28,29)26-15-13-25(14-16-26)21-10-11-22(24-23-21)27-12-4-3-5-19(27)2/h6-11,19H,3-5,12-17H2,1-2H3. The third-order valence-corrected chi connectivity index (χ3v) is 8.01. The molecule has 2 aliphatic rings. The topological polar surface area (TPSA) is 69.6 Å². The molecule has 1 unspecified atom stereocenters. The van der Waals surface area contributed by atoms with Crippen molar-refractivity contribution in [2.75, 3.05) is 42.5 Å². The van der Waals surface area contributed by atoms with Gasteiger partial charge in [0.05, 0.1) is 5.75 Å². The monoisotopic (exact) mass is 429 g/mol. The summed E-state index contributed by atoms with van der Waals surface area (Å²) in [6.45, 7) is 7.47. The second-order valence-electron chi connectivity index (χ2n) is 8.42. The van der Waals surface area contributed by atoms with Gasteiger partial charge in [0.15, 0.2) is 11.6 Å². The first-order chi connectivity index (χ1) is 14.4. The van der Waals surface area contributed by atoms with Crippen molar-refractivity contribution in [1.82, 2.24) is 14.5 Å². The number of aromatic nitrogens is 2. The molecule has 7 nitrogen and oxygen atoms in total. The average molecular weight is 430 g/mol. The first-order valence-corrected chi connectivity index (χ1v) is 12.4. The Labute approximate surface area is 179 Å². The van der Waals surface area contributed by atoms with E-state index in [0.29, 0.717) is 32.2 Å². The van der Waals surface area contributed by atoms with Crippen LogP contribution in [0.3, 0.4) is 0 Å². The van der Waals surface area contributed by atoms with Gasteiger partial charge in [0, 0.05) is 38.8 Å². The van der Waals surface area contributed by atoms with Crippen LogP contribution >= 0.6 is 0 Å². The van der Waals surface area contributed by atoms with E-state index >= 15 is 0 Å². The fourth-order valence-electron chi connectivity index (χ4n) is 4.26. The van der Waals surface area contributed by atoms with Gasteiger partial charge < -0.3 is 9.80 Å². The van der Waals surface area contributed by atoms with Gasteiger partial charge in [-0.1, -0.05) is 29.8 Å². The predicted octanol–water partition coefficient (Wildman–Crippen LogP) is 2.82. The van der Waals surface area contributed by atoms with Crippen LogP contribution in [-0.2, 0) is 15.8 Å².